The van der Waals surface area contributed by atoms with Gasteiger partial charge < -0.3 is 25.0 Å². The van der Waals surface area contributed by atoms with Crippen LogP contribution in [-0.4, -0.2) is 39.1 Å². The van der Waals surface area contributed by atoms with Gasteiger partial charge in [-0.25, -0.2) is 0 Å². The van der Waals surface area contributed by atoms with E-state index >= 15 is 0 Å². The summed E-state index contributed by atoms with van der Waals surface area (Å²) in [5.74, 6) is 1.21. The Morgan fingerprint density at radius 2 is 1.66 bits per heavy atom. The summed E-state index contributed by atoms with van der Waals surface area (Å²) < 4.78 is 10.6. The normalized spacial score (nSPS) is 14.9. The summed E-state index contributed by atoms with van der Waals surface area (Å²) >= 11 is 0. The van der Waals surface area contributed by atoms with Crippen molar-refractivity contribution in [2.45, 2.75) is 59.0 Å². The van der Waals surface area contributed by atoms with E-state index in [4.69, 9.17) is 9.47 Å². The van der Waals surface area contributed by atoms with E-state index in [0.717, 1.165) is 42.6 Å². The third-order valence-electron chi connectivity index (χ3n) is 6.31. The fraction of sp³-hybridized carbons (Fsp3) is 0.500. The maximum atomic E-state index is 13.1. The summed E-state index contributed by atoms with van der Waals surface area (Å²) in [6, 6.07) is 11.2. The molecule has 1 heterocycles. The van der Waals surface area contributed by atoms with Crippen molar-refractivity contribution in [3.63, 3.8) is 0 Å². The lowest BCUT2D eigenvalue weighted by atomic mass is 10.0. The monoisotopic (exact) mass is 481 g/mol. The van der Waals surface area contributed by atoms with Gasteiger partial charge in [-0.05, 0) is 60.8 Å². The summed E-state index contributed by atoms with van der Waals surface area (Å²) in [6.45, 7) is 6.46. The summed E-state index contributed by atoms with van der Waals surface area (Å²) in [5, 5.41) is 6.49. The molecule has 3 rings (SSSR count). The van der Waals surface area contributed by atoms with Gasteiger partial charge in [0.15, 0.2) is 0 Å². The van der Waals surface area contributed by atoms with E-state index in [1.54, 1.807) is 20.3 Å². The minimum atomic E-state index is -0.164. The first-order valence-electron chi connectivity index (χ1n) is 12.6. The van der Waals surface area contributed by atoms with E-state index in [9.17, 15) is 9.59 Å². The Labute approximate surface area is 209 Å². The van der Waals surface area contributed by atoms with Crippen molar-refractivity contribution < 1.29 is 19.1 Å². The van der Waals surface area contributed by atoms with Gasteiger partial charge in [-0.1, -0.05) is 33.1 Å². The molecule has 2 N–H and O–H groups in total. The Bertz CT molecular complexity index is 983. The van der Waals surface area contributed by atoms with Crippen LogP contribution >= 0.6 is 0 Å². The van der Waals surface area contributed by atoms with Crippen LogP contribution in [0.3, 0.4) is 0 Å². The minimum Gasteiger partial charge on any atom is -0.497 e. The lowest BCUT2D eigenvalue weighted by Gasteiger charge is -2.28. The van der Waals surface area contributed by atoms with Crippen LogP contribution in [0.15, 0.2) is 36.4 Å². The fourth-order valence-corrected chi connectivity index (χ4v) is 4.32. The summed E-state index contributed by atoms with van der Waals surface area (Å²) in [7, 11) is 3.20. The topological polar surface area (TPSA) is 79.9 Å². The molecule has 0 aliphatic carbocycles. The molecule has 35 heavy (non-hydrogen) atoms. The number of hydrogen-bond acceptors (Lipinski definition) is 5. The maximum Gasteiger partial charge on any atom is 0.251 e. The van der Waals surface area contributed by atoms with Crippen molar-refractivity contribution in [2.75, 3.05) is 32.2 Å². The second-order valence-electron chi connectivity index (χ2n) is 9.34. The van der Waals surface area contributed by atoms with E-state index in [-0.39, 0.29) is 17.7 Å². The fourth-order valence-electron chi connectivity index (χ4n) is 4.32. The average Bonchev–Trinajstić information content (AvgIpc) is 2.86. The number of carbonyl (C=O) groups excluding carboxylic acids is 2. The van der Waals surface area contributed by atoms with Gasteiger partial charge in [0, 0.05) is 42.9 Å². The molecule has 0 atom stereocenters. The Hall–Kier alpha value is -3.06. The van der Waals surface area contributed by atoms with Gasteiger partial charge in [-0.2, -0.15) is 0 Å². The number of nitrogens with one attached hydrogen (secondary N) is 2. The van der Waals surface area contributed by atoms with Gasteiger partial charge in [0.1, 0.15) is 11.5 Å². The number of fused-ring (bicyclic) bond motifs is 1. The highest BCUT2D eigenvalue weighted by Crippen LogP contribution is 2.26. The van der Waals surface area contributed by atoms with Crippen LogP contribution < -0.4 is 25.0 Å². The zero-order valence-corrected chi connectivity index (χ0v) is 21.5. The molecule has 0 radical (unpaired) electrons. The number of anilines is 1. The third kappa shape index (κ3) is 7.46. The largest absolute Gasteiger partial charge is 0.497 e. The molecular weight excluding hydrogens is 442 g/mol. The Balaban J connectivity index is 1.82. The van der Waals surface area contributed by atoms with Gasteiger partial charge >= 0.3 is 0 Å². The summed E-state index contributed by atoms with van der Waals surface area (Å²) in [5.41, 5.74) is 3.32. The second kappa shape index (κ2) is 13.1. The van der Waals surface area contributed by atoms with Crippen LogP contribution in [0.2, 0.25) is 0 Å². The van der Waals surface area contributed by atoms with Crippen LogP contribution in [0.5, 0.6) is 11.5 Å². The molecule has 0 unspecified atom stereocenters. The number of ether oxygens (including phenoxy) is 2. The maximum absolute atomic E-state index is 13.1. The molecular formula is C28H39N3O4. The molecule has 1 aliphatic rings. The SMILES string of the molecule is COc1cc(CNC(=O)c2ccc3c(c2)CNCCCCCCCN3C(=O)C(C)C)cc(OC)c1. The quantitative estimate of drug-likeness (QED) is 0.626. The van der Waals surface area contributed by atoms with Crippen molar-refractivity contribution >= 4 is 17.5 Å². The molecule has 7 nitrogen and oxygen atoms in total. The minimum absolute atomic E-state index is 0.0912. The number of methoxy groups -OCH3 is 2. The predicted octanol–water partition coefficient (Wildman–Crippen LogP) is 4.68. The first kappa shape index (κ1) is 26.5. The van der Waals surface area contributed by atoms with Crippen LogP contribution in [-0.2, 0) is 17.9 Å². The van der Waals surface area contributed by atoms with Crippen molar-refractivity contribution in [1.29, 1.82) is 0 Å². The average molecular weight is 482 g/mol. The number of amides is 2. The van der Waals surface area contributed by atoms with Gasteiger partial charge in [0.25, 0.3) is 5.91 Å². The number of rotatable bonds is 6. The van der Waals surface area contributed by atoms with E-state index < -0.39 is 0 Å². The number of hydrogen-bond donors (Lipinski definition) is 2. The van der Waals surface area contributed by atoms with E-state index in [1.807, 2.05) is 49.1 Å². The number of benzene rings is 2. The molecule has 0 spiro atoms. The van der Waals surface area contributed by atoms with Gasteiger partial charge in [0.05, 0.1) is 14.2 Å². The number of carbonyl (C=O) groups is 2. The summed E-state index contributed by atoms with van der Waals surface area (Å²) in [4.78, 5) is 28.0. The van der Waals surface area contributed by atoms with Gasteiger partial charge in [0.2, 0.25) is 5.91 Å². The third-order valence-corrected chi connectivity index (χ3v) is 6.31. The number of nitrogens with zero attached hydrogens (tertiary/aromatic N) is 1. The molecule has 7 heteroatoms. The molecule has 1 aliphatic heterocycles. The smallest absolute Gasteiger partial charge is 0.251 e. The van der Waals surface area contributed by atoms with Crippen molar-refractivity contribution in [1.82, 2.24) is 10.6 Å². The predicted molar refractivity (Wildman–Crippen MR) is 139 cm³/mol. The van der Waals surface area contributed by atoms with Crippen LogP contribution in [0.1, 0.15) is 67.4 Å². The zero-order valence-electron chi connectivity index (χ0n) is 21.5. The molecule has 0 saturated heterocycles. The molecule has 190 valence electrons. The van der Waals surface area contributed by atoms with Crippen molar-refractivity contribution in [3.8, 4) is 11.5 Å². The molecule has 0 bridgehead atoms. The molecule has 0 fully saturated rings. The van der Waals surface area contributed by atoms with Crippen LogP contribution in [0.25, 0.3) is 0 Å². The Morgan fingerprint density at radius 1 is 0.971 bits per heavy atom. The molecule has 0 aromatic heterocycles. The zero-order chi connectivity index (χ0) is 25.2. The Morgan fingerprint density at radius 3 is 2.34 bits per heavy atom. The van der Waals surface area contributed by atoms with Crippen molar-refractivity contribution in [3.05, 3.63) is 53.1 Å². The van der Waals surface area contributed by atoms with Crippen LogP contribution in [0, 0.1) is 5.92 Å². The van der Waals surface area contributed by atoms with E-state index in [0.29, 0.717) is 36.7 Å². The standard InChI is InChI=1S/C28H39N3O4/c1-20(2)28(33)31-13-9-7-5-6-8-12-29-19-23-16-22(10-11-26(23)31)27(32)30-18-21-14-24(34-3)17-25(15-21)35-4/h10-11,14-17,20,29H,5-9,12-13,18-19H2,1-4H3,(H,30,32). The second-order valence-corrected chi connectivity index (χ2v) is 9.34. The lowest BCUT2D eigenvalue weighted by Crippen LogP contribution is -2.36. The first-order valence-corrected chi connectivity index (χ1v) is 12.6. The van der Waals surface area contributed by atoms with Crippen LogP contribution in [0.4, 0.5) is 5.69 Å². The highest BCUT2D eigenvalue weighted by molar-refractivity contribution is 5.98. The Kier molecular flexibility index (Phi) is 9.97. The molecule has 2 aromatic rings. The summed E-state index contributed by atoms with van der Waals surface area (Å²) in [6.07, 6.45) is 5.62. The van der Waals surface area contributed by atoms with E-state index in [2.05, 4.69) is 10.6 Å². The molecule has 0 saturated carbocycles. The van der Waals surface area contributed by atoms with Gasteiger partial charge in [-0.3, -0.25) is 9.59 Å². The van der Waals surface area contributed by atoms with E-state index in [1.165, 1.54) is 12.8 Å². The first-order chi connectivity index (χ1) is 16.9. The van der Waals surface area contributed by atoms with Gasteiger partial charge in [-0.15, -0.1) is 0 Å². The highest BCUT2D eigenvalue weighted by Gasteiger charge is 2.22. The van der Waals surface area contributed by atoms with Crippen molar-refractivity contribution in [2.24, 2.45) is 5.92 Å². The molecule has 2 amide bonds. The lowest BCUT2D eigenvalue weighted by molar-refractivity contribution is -0.121. The highest BCUT2D eigenvalue weighted by atomic mass is 16.5. The molecule has 2 aromatic carbocycles.